The molecule has 0 heterocycles. The molecule has 21 heavy (non-hydrogen) atoms. The molecule has 3 heteroatoms. The Labute approximate surface area is 127 Å². The van der Waals surface area contributed by atoms with Gasteiger partial charge in [-0.25, -0.2) is 0 Å². The second-order valence-corrected chi connectivity index (χ2v) is 5.72. The van der Waals surface area contributed by atoms with Crippen molar-refractivity contribution in [3.05, 3.63) is 48.6 Å². The van der Waals surface area contributed by atoms with E-state index in [0.717, 1.165) is 31.4 Å². The molecule has 3 nitrogen and oxygen atoms in total. The molecule has 0 radical (unpaired) electrons. The number of esters is 1. The van der Waals surface area contributed by atoms with Gasteiger partial charge in [-0.3, -0.25) is 9.69 Å². The van der Waals surface area contributed by atoms with Crippen LogP contribution in [0.2, 0.25) is 0 Å². The van der Waals surface area contributed by atoms with E-state index >= 15 is 0 Å². The van der Waals surface area contributed by atoms with Crippen LogP contribution in [0.4, 0.5) is 0 Å². The third-order valence-corrected chi connectivity index (χ3v) is 4.36. The van der Waals surface area contributed by atoms with E-state index < -0.39 is 5.60 Å². The van der Waals surface area contributed by atoms with Crippen molar-refractivity contribution in [2.45, 2.75) is 44.2 Å². The van der Waals surface area contributed by atoms with Gasteiger partial charge in [0.1, 0.15) is 0 Å². The quantitative estimate of drug-likeness (QED) is 0.592. The number of carbonyl (C=O) groups excluding carboxylic acids is 1. The first-order valence-corrected chi connectivity index (χ1v) is 7.72. The highest BCUT2D eigenvalue weighted by Gasteiger charge is 2.49. The molecule has 1 aliphatic carbocycles. The highest BCUT2D eigenvalue weighted by Crippen LogP contribution is 2.44. The molecule has 2 atom stereocenters. The third-order valence-electron chi connectivity index (χ3n) is 4.36. The number of hydrogen-bond acceptors (Lipinski definition) is 3. The molecule has 0 spiro atoms. The second kappa shape index (κ2) is 6.90. The van der Waals surface area contributed by atoms with E-state index in [0.29, 0.717) is 6.42 Å². The topological polar surface area (TPSA) is 29.5 Å². The Morgan fingerprint density at radius 1 is 1.48 bits per heavy atom. The van der Waals surface area contributed by atoms with Gasteiger partial charge in [0.2, 0.25) is 0 Å². The molecular formula is C18H25NO2. The van der Waals surface area contributed by atoms with Crippen LogP contribution >= 0.6 is 0 Å². The molecule has 1 saturated carbocycles. The Kier molecular flexibility index (Phi) is 5.18. The van der Waals surface area contributed by atoms with Crippen molar-refractivity contribution in [3.8, 4) is 0 Å². The standard InChI is InChI=1S/C18H25NO2/c1-4-14-19(3)16-12-9-13-18(16,21-17(20)5-2)15-10-7-6-8-11-15/h4,6-8,10-11,16H,1,5,9,12-14H2,2-3H3/t16-,18?/m0/s1. The number of hydrogen-bond donors (Lipinski definition) is 0. The largest absolute Gasteiger partial charge is 0.452 e. The van der Waals surface area contributed by atoms with Crippen molar-refractivity contribution in [3.63, 3.8) is 0 Å². The molecule has 0 aromatic heterocycles. The van der Waals surface area contributed by atoms with Crippen LogP contribution in [0.15, 0.2) is 43.0 Å². The lowest BCUT2D eigenvalue weighted by Crippen LogP contribution is -2.48. The van der Waals surface area contributed by atoms with Crippen molar-refractivity contribution in [1.29, 1.82) is 0 Å². The number of carbonyl (C=O) groups is 1. The second-order valence-electron chi connectivity index (χ2n) is 5.72. The summed E-state index contributed by atoms with van der Waals surface area (Å²) in [5.74, 6) is -0.127. The van der Waals surface area contributed by atoms with Crippen LogP contribution in [0.1, 0.15) is 38.2 Å². The minimum absolute atomic E-state index is 0.127. The van der Waals surface area contributed by atoms with E-state index in [1.165, 1.54) is 0 Å². The number of rotatable bonds is 6. The third kappa shape index (κ3) is 3.18. The predicted molar refractivity (Wildman–Crippen MR) is 85.0 cm³/mol. The monoisotopic (exact) mass is 287 g/mol. The zero-order valence-electron chi connectivity index (χ0n) is 13.0. The fourth-order valence-corrected chi connectivity index (χ4v) is 3.38. The highest BCUT2D eigenvalue weighted by molar-refractivity contribution is 5.70. The summed E-state index contributed by atoms with van der Waals surface area (Å²) in [5.41, 5.74) is 0.580. The number of ether oxygens (including phenoxy) is 1. The molecule has 0 N–H and O–H groups in total. The van der Waals surface area contributed by atoms with Gasteiger partial charge in [0, 0.05) is 13.0 Å². The van der Waals surface area contributed by atoms with Crippen LogP contribution in [0.25, 0.3) is 0 Å². The first-order chi connectivity index (χ1) is 10.1. The van der Waals surface area contributed by atoms with Gasteiger partial charge >= 0.3 is 5.97 Å². The molecule has 114 valence electrons. The van der Waals surface area contributed by atoms with Crippen LogP contribution in [-0.4, -0.2) is 30.5 Å². The first kappa shape index (κ1) is 15.8. The maximum absolute atomic E-state index is 12.0. The Hall–Kier alpha value is -1.61. The molecule has 1 aromatic rings. The zero-order valence-corrected chi connectivity index (χ0v) is 13.0. The molecular weight excluding hydrogens is 262 g/mol. The van der Waals surface area contributed by atoms with Crippen LogP contribution in [0.5, 0.6) is 0 Å². The van der Waals surface area contributed by atoms with Crippen molar-refractivity contribution in [2.75, 3.05) is 13.6 Å². The molecule has 1 unspecified atom stereocenters. The van der Waals surface area contributed by atoms with Gasteiger partial charge in [-0.2, -0.15) is 0 Å². The SMILES string of the molecule is C=CCN(C)[C@H]1CCCC1(OC(=O)CC)c1ccccc1. The van der Waals surface area contributed by atoms with Gasteiger partial charge < -0.3 is 4.74 Å². The van der Waals surface area contributed by atoms with E-state index in [9.17, 15) is 4.79 Å². The molecule has 0 aliphatic heterocycles. The average Bonchev–Trinajstić information content (AvgIpc) is 2.93. The number of nitrogens with zero attached hydrogens (tertiary/aromatic N) is 1. The van der Waals surface area contributed by atoms with Gasteiger partial charge in [-0.05, 0) is 31.9 Å². The van der Waals surface area contributed by atoms with Gasteiger partial charge in [0.15, 0.2) is 5.60 Å². The first-order valence-electron chi connectivity index (χ1n) is 7.72. The van der Waals surface area contributed by atoms with Gasteiger partial charge in [0.25, 0.3) is 0 Å². The summed E-state index contributed by atoms with van der Waals surface area (Å²) in [6, 6.07) is 10.4. The van der Waals surface area contributed by atoms with E-state index in [1.807, 2.05) is 31.2 Å². The number of benzene rings is 1. The molecule has 0 amide bonds. The maximum atomic E-state index is 12.0. The van der Waals surface area contributed by atoms with E-state index in [2.05, 4.69) is 30.7 Å². The molecule has 1 aromatic carbocycles. The van der Waals surface area contributed by atoms with Crippen LogP contribution in [0.3, 0.4) is 0 Å². The lowest BCUT2D eigenvalue weighted by atomic mass is 9.87. The highest BCUT2D eigenvalue weighted by atomic mass is 16.6. The minimum Gasteiger partial charge on any atom is -0.452 e. The summed E-state index contributed by atoms with van der Waals surface area (Å²) in [6.45, 7) is 6.46. The van der Waals surface area contributed by atoms with Crippen LogP contribution < -0.4 is 0 Å². The zero-order chi connectivity index (χ0) is 15.3. The fraction of sp³-hybridized carbons (Fsp3) is 0.500. The Balaban J connectivity index is 2.39. The Bertz CT molecular complexity index is 485. The Morgan fingerprint density at radius 3 is 2.81 bits per heavy atom. The molecule has 0 bridgehead atoms. The van der Waals surface area contributed by atoms with Crippen molar-refractivity contribution in [2.24, 2.45) is 0 Å². The van der Waals surface area contributed by atoms with Gasteiger partial charge in [-0.15, -0.1) is 6.58 Å². The van der Waals surface area contributed by atoms with Crippen molar-refractivity contribution in [1.82, 2.24) is 4.90 Å². The summed E-state index contributed by atoms with van der Waals surface area (Å²) in [7, 11) is 2.08. The fourth-order valence-electron chi connectivity index (χ4n) is 3.38. The predicted octanol–water partition coefficient (Wildman–Crippen LogP) is 3.51. The van der Waals surface area contributed by atoms with E-state index in [4.69, 9.17) is 4.74 Å². The maximum Gasteiger partial charge on any atom is 0.306 e. The van der Waals surface area contributed by atoms with Crippen molar-refractivity contribution < 1.29 is 9.53 Å². The van der Waals surface area contributed by atoms with Gasteiger partial charge in [-0.1, -0.05) is 43.3 Å². The minimum atomic E-state index is -0.522. The Morgan fingerprint density at radius 2 is 2.19 bits per heavy atom. The molecule has 1 fully saturated rings. The number of likely N-dealkylation sites (N-methyl/N-ethyl adjacent to an activating group) is 1. The van der Waals surface area contributed by atoms with E-state index in [-0.39, 0.29) is 12.0 Å². The summed E-state index contributed by atoms with van der Waals surface area (Å²) < 4.78 is 6.00. The molecule has 0 saturated heterocycles. The smallest absolute Gasteiger partial charge is 0.306 e. The van der Waals surface area contributed by atoms with Crippen molar-refractivity contribution >= 4 is 5.97 Å². The summed E-state index contributed by atoms with van der Waals surface area (Å²) in [5, 5.41) is 0. The molecule has 2 rings (SSSR count). The molecule has 1 aliphatic rings. The normalized spacial score (nSPS) is 25.0. The lowest BCUT2D eigenvalue weighted by molar-refractivity contribution is -0.166. The van der Waals surface area contributed by atoms with E-state index in [1.54, 1.807) is 0 Å². The van der Waals surface area contributed by atoms with Gasteiger partial charge in [0.05, 0.1) is 6.04 Å². The summed E-state index contributed by atoms with van der Waals surface area (Å²) in [6.07, 6.45) is 5.30. The van der Waals surface area contributed by atoms with Crippen LogP contribution in [0, 0.1) is 0 Å². The lowest BCUT2D eigenvalue weighted by Gasteiger charge is -2.40. The average molecular weight is 287 g/mol. The van der Waals surface area contributed by atoms with Crippen LogP contribution in [-0.2, 0) is 15.1 Å². The summed E-state index contributed by atoms with van der Waals surface area (Å²) >= 11 is 0. The summed E-state index contributed by atoms with van der Waals surface area (Å²) in [4.78, 5) is 14.3.